The fraction of sp³-hybridized carbons (Fsp3) is 0.0500. The molecular formula is C20H17N3O2S. The molecule has 5 nitrogen and oxygen atoms in total. The molecule has 4 aromatic rings. The van der Waals surface area contributed by atoms with Gasteiger partial charge in [-0.1, -0.05) is 36.4 Å². The zero-order chi connectivity index (χ0) is 17.9. The second-order valence-corrected chi connectivity index (χ2v) is 6.63. The zero-order valence-corrected chi connectivity index (χ0v) is 14.6. The first-order chi connectivity index (χ1) is 12.7. The molecular weight excluding hydrogens is 346 g/mol. The summed E-state index contributed by atoms with van der Waals surface area (Å²) in [4.78, 5) is 5.60. The summed E-state index contributed by atoms with van der Waals surface area (Å²) in [6.45, 7) is 0. The van der Waals surface area contributed by atoms with Crippen LogP contribution in [0.5, 0.6) is 5.88 Å². The first kappa shape index (κ1) is 16.4. The lowest BCUT2D eigenvalue weighted by molar-refractivity contribution is 0.207. The number of aromatic nitrogens is 1. The Morgan fingerprint density at radius 2 is 1.88 bits per heavy atom. The Morgan fingerprint density at radius 3 is 2.58 bits per heavy atom. The van der Waals surface area contributed by atoms with Crippen molar-refractivity contribution in [3.63, 3.8) is 0 Å². The van der Waals surface area contributed by atoms with Gasteiger partial charge in [0, 0.05) is 11.1 Å². The van der Waals surface area contributed by atoms with Crippen LogP contribution >= 0.6 is 11.3 Å². The van der Waals surface area contributed by atoms with E-state index >= 15 is 0 Å². The lowest BCUT2D eigenvalue weighted by atomic mass is 10.1. The second kappa shape index (κ2) is 7.03. The number of hydrogen-bond donors (Lipinski definition) is 2. The van der Waals surface area contributed by atoms with Gasteiger partial charge in [-0.15, -0.1) is 11.3 Å². The third kappa shape index (κ3) is 3.20. The van der Waals surface area contributed by atoms with Gasteiger partial charge in [0.05, 0.1) is 16.8 Å². The summed E-state index contributed by atoms with van der Waals surface area (Å²) in [5.74, 6) is 0.944. The molecule has 4 N–H and O–H groups in total. The zero-order valence-electron chi connectivity index (χ0n) is 13.8. The van der Waals surface area contributed by atoms with Crippen LogP contribution in [0.25, 0.3) is 21.9 Å². The molecule has 0 aliphatic heterocycles. The number of hydrogen-bond acceptors (Lipinski definition) is 6. The Bertz CT molecular complexity index is 984. The number of nitrogen functional groups attached to an aromatic ring is 1. The second-order valence-electron chi connectivity index (χ2n) is 5.68. The molecule has 0 saturated carbocycles. The molecule has 0 radical (unpaired) electrons. The van der Waals surface area contributed by atoms with Crippen molar-refractivity contribution in [2.24, 2.45) is 5.73 Å². The van der Waals surface area contributed by atoms with Gasteiger partial charge in [0.1, 0.15) is 11.4 Å². The monoisotopic (exact) mass is 363 g/mol. The maximum atomic E-state index is 6.32. The van der Waals surface area contributed by atoms with Gasteiger partial charge in [-0.05, 0) is 29.6 Å². The van der Waals surface area contributed by atoms with E-state index in [9.17, 15) is 0 Å². The molecule has 6 heteroatoms. The number of nitrogens with two attached hydrogens (primary N) is 2. The Balaban J connectivity index is 1.78. The molecule has 130 valence electrons. The first-order valence-electron chi connectivity index (χ1n) is 8.08. The normalized spacial score (nSPS) is 12.0. The van der Waals surface area contributed by atoms with E-state index in [1.54, 1.807) is 17.6 Å². The Kier molecular flexibility index (Phi) is 4.43. The van der Waals surface area contributed by atoms with Gasteiger partial charge in [-0.2, -0.15) is 0 Å². The molecule has 3 heterocycles. The van der Waals surface area contributed by atoms with E-state index in [1.165, 1.54) is 0 Å². The van der Waals surface area contributed by atoms with Gasteiger partial charge >= 0.3 is 0 Å². The lowest BCUT2D eigenvalue weighted by Gasteiger charge is -2.17. The quantitative estimate of drug-likeness (QED) is 0.502. The SMILES string of the molecule is Nc1c(-c2ccco2)cc(-c2cccs2)nc1OC(N)c1ccccc1. The Labute approximate surface area is 154 Å². The van der Waals surface area contributed by atoms with Crippen LogP contribution in [-0.2, 0) is 0 Å². The number of benzene rings is 1. The van der Waals surface area contributed by atoms with Gasteiger partial charge in [0.2, 0.25) is 5.88 Å². The largest absolute Gasteiger partial charge is 0.464 e. The van der Waals surface area contributed by atoms with Crippen molar-refractivity contribution >= 4 is 17.0 Å². The van der Waals surface area contributed by atoms with Crippen LogP contribution in [0.3, 0.4) is 0 Å². The third-order valence-corrected chi connectivity index (χ3v) is 4.84. The smallest absolute Gasteiger partial charge is 0.240 e. The predicted octanol–water partition coefficient (Wildman–Crippen LogP) is 4.69. The Hall–Kier alpha value is -3.09. The predicted molar refractivity (Wildman–Crippen MR) is 104 cm³/mol. The molecule has 26 heavy (non-hydrogen) atoms. The highest BCUT2D eigenvalue weighted by molar-refractivity contribution is 7.13. The van der Waals surface area contributed by atoms with Crippen LogP contribution in [0, 0.1) is 0 Å². The molecule has 1 atom stereocenters. The Morgan fingerprint density at radius 1 is 1.04 bits per heavy atom. The number of thiophene rings is 1. The van der Waals surface area contributed by atoms with Crippen molar-refractivity contribution < 1.29 is 9.15 Å². The summed E-state index contributed by atoms with van der Waals surface area (Å²) in [6, 6.07) is 19.1. The molecule has 1 unspecified atom stereocenters. The lowest BCUT2D eigenvalue weighted by Crippen LogP contribution is -2.19. The van der Waals surface area contributed by atoms with Crippen LogP contribution in [0.2, 0.25) is 0 Å². The topological polar surface area (TPSA) is 87.3 Å². The van der Waals surface area contributed by atoms with E-state index < -0.39 is 6.23 Å². The summed E-state index contributed by atoms with van der Waals surface area (Å²) in [5, 5.41) is 2.00. The van der Waals surface area contributed by atoms with Gasteiger partial charge < -0.3 is 14.9 Å². The van der Waals surface area contributed by atoms with Crippen LogP contribution < -0.4 is 16.2 Å². The maximum Gasteiger partial charge on any atom is 0.240 e. The van der Waals surface area contributed by atoms with Gasteiger partial charge in [-0.3, -0.25) is 5.73 Å². The van der Waals surface area contributed by atoms with Crippen molar-refractivity contribution in [1.29, 1.82) is 0 Å². The van der Waals surface area contributed by atoms with Crippen LogP contribution in [-0.4, -0.2) is 4.98 Å². The fourth-order valence-electron chi connectivity index (χ4n) is 2.64. The van der Waals surface area contributed by atoms with E-state index in [0.29, 0.717) is 17.3 Å². The number of pyridine rings is 1. The van der Waals surface area contributed by atoms with Gasteiger partial charge in [-0.25, -0.2) is 4.98 Å². The molecule has 0 aliphatic carbocycles. The summed E-state index contributed by atoms with van der Waals surface area (Å²) in [5.41, 5.74) is 15.2. The van der Waals surface area contributed by atoms with Crippen molar-refractivity contribution in [2.75, 3.05) is 5.73 Å². The number of ether oxygens (including phenoxy) is 1. The minimum atomic E-state index is -0.672. The van der Waals surface area contributed by atoms with E-state index in [4.69, 9.17) is 20.6 Å². The maximum absolute atomic E-state index is 6.32. The average Bonchev–Trinajstić information content (AvgIpc) is 3.38. The molecule has 0 aliphatic rings. The number of nitrogens with zero attached hydrogens (tertiary/aromatic N) is 1. The highest BCUT2D eigenvalue weighted by atomic mass is 32.1. The number of furan rings is 1. The molecule has 0 amide bonds. The van der Waals surface area contributed by atoms with Crippen LogP contribution in [0.15, 0.2) is 76.7 Å². The molecule has 0 bridgehead atoms. The van der Waals surface area contributed by atoms with E-state index in [2.05, 4.69) is 4.98 Å². The summed E-state index contributed by atoms with van der Waals surface area (Å²) < 4.78 is 11.4. The van der Waals surface area contributed by atoms with Gasteiger partial charge in [0.15, 0.2) is 6.23 Å². The minimum absolute atomic E-state index is 0.290. The van der Waals surface area contributed by atoms with Crippen LogP contribution in [0.4, 0.5) is 5.69 Å². The standard InChI is InChI=1S/C20H17N3O2S/c21-18-14(16-8-4-10-24-16)12-15(17-9-5-11-26-17)23-20(18)25-19(22)13-6-2-1-3-7-13/h1-12,19H,21-22H2. The van der Waals surface area contributed by atoms with Crippen LogP contribution in [0.1, 0.15) is 11.8 Å². The van der Waals surface area contributed by atoms with E-state index in [-0.39, 0.29) is 0 Å². The summed E-state index contributed by atoms with van der Waals surface area (Å²) in [7, 11) is 0. The van der Waals surface area contributed by atoms with E-state index in [0.717, 1.165) is 21.7 Å². The molecule has 3 aromatic heterocycles. The average molecular weight is 363 g/mol. The fourth-order valence-corrected chi connectivity index (χ4v) is 3.32. The number of anilines is 1. The summed E-state index contributed by atoms with van der Waals surface area (Å²) >= 11 is 1.59. The highest BCUT2D eigenvalue weighted by Crippen LogP contribution is 2.38. The van der Waals surface area contributed by atoms with Crippen molar-refractivity contribution in [3.8, 4) is 27.8 Å². The van der Waals surface area contributed by atoms with Gasteiger partial charge in [0.25, 0.3) is 0 Å². The van der Waals surface area contributed by atoms with E-state index in [1.807, 2.05) is 66.0 Å². The molecule has 0 spiro atoms. The van der Waals surface area contributed by atoms with Crippen molar-refractivity contribution in [1.82, 2.24) is 4.98 Å². The number of rotatable bonds is 5. The first-order valence-corrected chi connectivity index (χ1v) is 8.96. The summed E-state index contributed by atoms with van der Waals surface area (Å²) in [6.07, 6.45) is 0.935. The molecule has 0 saturated heterocycles. The minimum Gasteiger partial charge on any atom is -0.464 e. The highest BCUT2D eigenvalue weighted by Gasteiger charge is 2.18. The third-order valence-electron chi connectivity index (χ3n) is 3.95. The van der Waals surface area contributed by atoms with Crippen molar-refractivity contribution in [2.45, 2.75) is 6.23 Å². The molecule has 4 rings (SSSR count). The molecule has 1 aromatic carbocycles. The van der Waals surface area contributed by atoms with Crippen molar-refractivity contribution in [3.05, 3.63) is 77.9 Å². The molecule has 0 fully saturated rings.